The Hall–Kier alpha value is -2.74. The van der Waals surface area contributed by atoms with E-state index in [0.717, 1.165) is 5.52 Å². The summed E-state index contributed by atoms with van der Waals surface area (Å²) in [4.78, 5) is 31.6. The van der Waals surface area contributed by atoms with Gasteiger partial charge in [-0.15, -0.1) is 0 Å². The number of H-pyrrole nitrogens is 1. The van der Waals surface area contributed by atoms with Gasteiger partial charge < -0.3 is 15.0 Å². The highest BCUT2D eigenvalue weighted by atomic mass is 79.9. The molecular formula is C18H15BrFN3O3. The standard InChI is InChI=1S/C18H15BrFN3O3/c1-2-16(17(24)23-13-6-4-11(19)8-12(13)20)26-18(25)10-3-5-14-15(7-10)22-9-21-14/h3-9,16H,2H2,1H3,(H,21,22)(H,23,24). The average Bonchev–Trinajstić information content (AvgIpc) is 3.09. The number of carbonyl (C=O) groups excluding carboxylic acids is 2. The second-order valence-corrected chi connectivity index (χ2v) is 6.47. The third kappa shape index (κ3) is 3.91. The maximum atomic E-state index is 13.9. The molecule has 6 nitrogen and oxygen atoms in total. The van der Waals surface area contributed by atoms with Gasteiger partial charge in [0.25, 0.3) is 5.91 Å². The van der Waals surface area contributed by atoms with Crippen LogP contribution in [0, 0.1) is 5.82 Å². The van der Waals surface area contributed by atoms with Gasteiger partial charge in [-0.05, 0) is 42.8 Å². The van der Waals surface area contributed by atoms with Crippen LogP contribution in [-0.4, -0.2) is 27.9 Å². The van der Waals surface area contributed by atoms with E-state index in [9.17, 15) is 14.0 Å². The van der Waals surface area contributed by atoms with Crippen molar-refractivity contribution in [3.63, 3.8) is 0 Å². The minimum absolute atomic E-state index is 0.0200. The lowest BCUT2D eigenvalue weighted by molar-refractivity contribution is -0.124. The van der Waals surface area contributed by atoms with Crippen molar-refractivity contribution in [2.45, 2.75) is 19.4 Å². The topological polar surface area (TPSA) is 84.1 Å². The number of fused-ring (bicyclic) bond motifs is 1. The molecule has 26 heavy (non-hydrogen) atoms. The molecule has 1 unspecified atom stereocenters. The molecule has 1 aromatic heterocycles. The Balaban J connectivity index is 1.71. The van der Waals surface area contributed by atoms with Gasteiger partial charge in [0.05, 0.1) is 28.6 Å². The zero-order valence-corrected chi connectivity index (χ0v) is 15.3. The number of hydrogen-bond acceptors (Lipinski definition) is 4. The molecule has 3 aromatic rings. The van der Waals surface area contributed by atoms with Gasteiger partial charge in [-0.1, -0.05) is 22.9 Å². The summed E-state index contributed by atoms with van der Waals surface area (Å²) in [7, 11) is 0. The molecule has 1 amide bonds. The largest absolute Gasteiger partial charge is 0.449 e. The molecule has 8 heteroatoms. The first kappa shape index (κ1) is 18.1. The Morgan fingerprint density at radius 1 is 1.31 bits per heavy atom. The van der Waals surface area contributed by atoms with E-state index >= 15 is 0 Å². The smallest absolute Gasteiger partial charge is 0.338 e. The number of ether oxygens (including phenoxy) is 1. The zero-order chi connectivity index (χ0) is 18.7. The van der Waals surface area contributed by atoms with Gasteiger partial charge in [-0.2, -0.15) is 0 Å². The summed E-state index contributed by atoms with van der Waals surface area (Å²) in [5.74, 6) is -1.82. The number of nitrogens with one attached hydrogen (secondary N) is 2. The van der Waals surface area contributed by atoms with E-state index in [1.165, 1.54) is 18.5 Å². The molecule has 1 heterocycles. The third-order valence-corrected chi connectivity index (χ3v) is 4.25. The Kier molecular flexibility index (Phi) is 5.32. The number of imidazole rings is 1. The van der Waals surface area contributed by atoms with E-state index in [-0.39, 0.29) is 12.1 Å². The van der Waals surface area contributed by atoms with Crippen LogP contribution in [0.1, 0.15) is 23.7 Å². The number of aromatic amines is 1. The Morgan fingerprint density at radius 3 is 2.85 bits per heavy atom. The highest BCUT2D eigenvalue weighted by Crippen LogP contribution is 2.20. The predicted molar refractivity (Wildman–Crippen MR) is 98.3 cm³/mol. The van der Waals surface area contributed by atoms with E-state index in [2.05, 4.69) is 31.2 Å². The molecule has 0 aliphatic rings. The van der Waals surface area contributed by atoms with Crippen LogP contribution >= 0.6 is 15.9 Å². The summed E-state index contributed by atoms with van der Waals surface area (Å²) < 4.78 is 19.7. The monoisotopic (exact) mass is 419 g/mol. The maximum Gasteiger partial charge on any atom is 0.338 e. The first-order chi connectivity index (χ1) is 12.5. The number of halogens is 2. The fourth-order valence-corrected chi connectivity index (χ4v) is 2.72. The van der Waals surface area contributed by atoms with E-state index in [0.29, 0.717) is 15.6 Å². The van der Waals surface area contributed by atoms with Crippen molar-refractivity contribution in [2.75, 3.05) is 5.32 Å². The van der Waals surface area contributed by atoms with Gasteiger partial charge in [-0.25, -0.2) is 14.2 Å². The van der Waals surface area contributed by atoms with Crippen molar-refractivity contribution < 1.29 is 18.7 Å². The maximum absolute atomic E-state index is 13.9. The van der Waals surface area contributed by atoms with Crippen LogP contribution in [0.2, 0.25) is 0 Å². The number of carbonyl (C=O) groups is 2. The SMILES string of the molecule is CCC(OC(=O)c1ccc2nc[nH]c2c1)C(=O)Nc1ccc(Br)cc1F. The van der Waals surface area contributed by atoms with Crippen molar-refractivity contribution in [3.8, 4) is 0 Å². The lowest BCUT2D eigenvalue weighted by Gasteiger charge is -2.16. The summed E-state index contributed by atoms with van der Waals surface area (Å²) >= 11 is 3.15. The lowest BCUT2D eigenvalue weighted by atomic mass is 10.2. The molecule has 0 bridgehead atoms. The quantitative estimate of drug-likeness (QED) is 0.611. The Morgan fingerprint density at radius 2 is 2.12 bits per heavy atom. The van der Waals surface area contributed by atoms with Gasteiger partial charge in [-0.3, -0.25) is 4.79 Å². The fraction of sp³-hybridized carbons (Fsp3) is 0.167. The van der Waals surface area contributed by atoms with Crippen LogP contribution < -0.4 is 5.32 Å². The van der Waals surface area contributed by atoms with Crippen molar-refractivity contribution in [2.24, 2.45) is 0 Å². The van der Waals surface area contributed by atoms with Crippen molar-refractivity contribution in [1.82, 2.24) is 9.97 Å². The third-order valence-electron chi connectivity index (χ3n) is 3.76. The molecule has 1 atom stereocenters. The van der Waals surface area contributed by atoms with E-state index in [4.69, 9.17) is 4.74 Å². The van der Waals surface area contributed by atoms with Crippen molar-refractivity contribution in [3.05, 3.63) is 58.6 Å². The fourth-order valence-electron chi connectivity index (χ4n) is 2.39. The summed E-state index contributed by atoms with van der Waals surface area (Å²) in [6, 6.07) is 9.13. The number of amides is 1. The lowest BCUT2D eigenvalue weighted by Crippen LogP contribution is -2.32. The Bertz CT molecular complexity index is 973. The molecule has 3 rings (SSSR count). The highest BCUT2D eigenvalue weighted by molar-refractivity contribution is 9.10. The first-order valence-corrected chi connectivity index (χ1v) is 8.67. The zero-order valence-electron chi connectivity index (χ0n) is 13.8. The van der Waals surface area contributed by atoms with Crippen molar-refractivity contribution in [1.29, 1.82) is 0 Å². The van der Waals surface area contributed by atoms with E-state index < -0.39 is 23.8 Å². The van der Waals surface area contributed by atoms with Crippen LogP contribution in [-0.2, 0) is 9.53 Å². The van der Waals surface area contributed by atoms with Crippen LogP contribution in [0.25, 0.3) is 11.0 Å². The molecule has 0 fully saturated rings. The number of anilines is 1. The second-order valence-electron chi connectivity index (χ2n) is 5.55. The van der Waals surface area contributed by atoms with Crippen molar-refractivity contribution >= 4 is 44.5 Å². The molecule has 0 spiro atoms. The number of esters is 1. The molecule has 0 saturated carbocycles. The second kappa shape index (κ2) is 7.65. The van der Waals surface area contributed by atoms with Gasteiger partial charge in [0.1, 0.15) is 5.82 Å². The number of benzene rings is 2. The van der Waals surface area contributed by atoms with Crippen LogP contribution in [0.4, 0.5) is 10.1 Å². The molecule has 0 aliphatic heterocycles. The summed E-state index contributed by atoms with van der Waals surface area (Å²) in [5, 5.41) is 2.44. The molecule has 134 valence electrons. The predicted octanol–water partition coefficient (Wildman–Crippen LogP) is 4.04. The van der Waals surface area contributed by atoms with E-state index in [1.54, 1.807) is 31.2 Å². The molecule has 0 aliphatic carbocycles. The Labute approximate surface area is 156 Å². The summed E-state index contributed by atoms with van der Waals surface area (Å²) in [6.45, 7) is 1.70. The molecular weight excluding hydrogens is 405 g/mol. The average molecular weight is 420 g/mol. The summed E-state index contributed by atoms with van der Waals surface area (Å²) in [6.07, 6.45) is 0.736. The number of nitrogens with zero attached hydrogens (tertiary/aromatic N) is 1. The summed E-state index contributed by atoms with van der Waals surface area (Å²) in [5.41, 5.74) is 1.72. The molecule has 2 N–H and O–H groups in total. The number of aromatic nitrogens is 2. The highest BCUT2D eigenvalue weighted by Gasteiger charge is 2.23. The van der Waals surface area contributed by atoms with Gasteiger partial charge >= 0.3 is 5.97 Å². The van der Waals surface area contributed by atoms with E-state index in [1.807, 2.05) is 0 Å². The molecule has 0 saturated heterocycles. The number of rotatable bonds is 5. The van der Waals surface area contributed by atoms with Crippen LogP contribution in [0.3, 0.4) is 0 Å². The van der Waals surface area contributed by atoms with Crippen LogP contribution in [0.5, 0.6) is 0 Å². The normalized spacial score (nSPS) is 12.0. The minimum atomic E-state index is -1.04. The number of hydrogen-bond donors (Lipinski definition) is 2. The minimum Gasteiger partial charge on any atom is -0.449 e. The first-order valence-electron chi connectivity index (χ1n) is 7.88. The van der Waals surface area contributed by atoms with Gasteiger partial charge in [0, 0.05) is 4.47 Å². The molecule has 0 radical (unpaired) electrons. The van der Waals surface area contributed by atoms with Gasteiger partial charge in [0.2, 0.25) is 0 Å². The molecule has 2 aromatic carbocycles. The van der Waals surface area contributed by atoms with Gasteiger partial charge in [0.15, 0.2) is 6.10 Å². The van der Waals surface area contributed by atoms with Crippen LogP contribution in [0.15, 0.2) is 47.2 Å².